The molecular weight excluding hydrogens is 336 g/mol. The third kappa shape index (κ3) is 6.29. The highest BCUT2D eigenvalue weighted by Gasteiger charge is 2.17. The van der Waals surface area contributed by atoms with Crippen LogP contribution in [0.25, 0.3) is 0 Å². The molecule has 2 aromatic carbocycles. The first kappa shape index (κ1) is 19.2. The van der Waals surface area contributed by atoms with E-state index in [1.165, 1.54) is 5.69 Å². The molecule has 5 heteroatoms. The van der Waals surface area contributed by atoms with E-state index in [0.717, 1.165) is 44.7 Å². The van der Waals surface area contributed by atoms with Crippen molar-refractivity contribution in [2.75, 3.05) is 37.6 Å². The minimum absolute atomic E-state index is 0.0970. The van der Waals surface area contributed by atoms with Gasteiger partial charge in [0, 0.05) is 51.0 Å². The summed E-state index contributed by atoms with van der Waals surface area (Å²) in [5.41, 5.74) is 2.42. The van der Waals surface area contributed by atoms with Crippen LogP contribution in [0.15, 0.2) is 60.7 Å². The van der Waals surface area contributed by atoms with Crippen molar-refractivity contribution in [2.24, 2.45) is 0 Å². The Hall–Kier alpha value is -2.53. The number of carbonyl (C=O) groups is 1. The number of piperazine rings is 1. The number of nitrogens with one attached hydrogen (secondary N) is 2. The molecule has 144 valence electrons. The second-order valence-corrected chi connectivity index (χ2v) is 7.17. The molecule has 0 bridgehead atoms. The Bertz CT molecular complexity index is 684. The highest BCUT2D eigenvalue weighted by Crippen LogP contribution is 2.15. The van der Waals surface area contributed by atoms with E-state index in [0.29, 0.717) is 6.54 Å². The number of carbonyl (C=O) groups excluding carboxylic acids is 1. The second kappa shape index (κ2) is 9.97. The molecule has 1 heterocycles. The maximum absolute atomic E-state index is 12.0. The lowest BCUT2D eigenvalue weighted by atomic mass is 10.2. The monoisotopic (exact) mass is 366 g/mol. The molecular formula is C22H30N4O. The molecule has 1 fully saturated rings. The average Bonchev–Trinajstić information content (AvgIpc) is 2.72. The lowest BCUT2D eigenvalue weighted by Crippen LogP contribution is -2.48. The molecule has 1 saturated heterocycles. The third-order valence-corrected chi connectivity index (χ3v) is 5.05. The lowest BCUT2D eigenvalue weighted by molar-refractivity contribution is 0.227. The van der Waals surface area contributed by atoms with Crippen molar-refractivity contribution >= 4 is 11.7 Å². The minimum Gasteiger partial charge on any atom is -0.369 e. The fourth-order valence-corrected chi connectivity index (χ4v) is 3.37. The Labute approximate surface area is 162 Å². The molecule has 3 rings (SSSR count). The van der Waals surface area contributed by atoms with Crippen molar-refractivity contribution in [3.8, 4) is 0 Å². The Morgan fingerprint density at radius 2 is 1.59 bits per heavy atom. The molecule has 0 aliphatic carbocycles. The van der Waals surface area contributed by atoms with E-state index in [-0.39, 0.29) is 12.1 Å². The van der Waals surface area contributed by atoms with Crippen molar-refractivity contribution in [3.63, 3.8) is 0 Å². The number of nitrogens with zero attached hydrogens (tertiary/aromatic N) is 2. The van der Waals surface area contributed by atoms with E-state index in [4.69, 9.17) is 0 Å². The van der Waals surface area contributed by atoms with Gasteiger partial charge in [0.25, 0.3) is 0 Å². The predicted octanol–water partition coefficient (Wildman–Crippen LogP) is 3.09. The molecule has 1 atom stereocenters. The summed E-state index contributed by atoms with van der Waals surface area (Å²) < 4.78 is 0. The first-order valence-corrected chi connectivity index (χ1v) is 9.81. The van der Waals surface area contributed by atoms with Crippen LogP contribution >= 0.6 is 0 Å². The smallest absolute Gasteiger partial charge is 0.315 e. The van der Waals surface area contributed by atoms with Gasteiger partial charge in [0.2, 0.25) is 0 Å². The average molecular weight is 367 g/mol. The summed E-state index contributed by atoms with van der Waals surface area (Å²) in [6, 6.07) is 20.6. The van der Waals surface area contributed by atoms with E-state index >= 15 is 0 Å². The van der Waals surface area contributed by atoms with Gasteiger partial charge in [-0.3, -0.25) is 4.90 Å². The van der Waals surface area contributed by atoms with Gasteiger partial charge < -0.3 is 15.5 Å². The summed E-state index contributed by atoms with van der Waals surface area (Å²) in [4.78, 5) is 17.0. The van der Waals surface area contributed by atoms with E-state index in [1.54, 1.807) is 0 Å². The lowest BCUT2D eigenvalue weighted by Gasteiger charge is -2.36. The van der Waals surface area contributed by atoms with Gasteiger partial charge in [-0.15, -0.1) is 0 Å². The first-order valence-electron chi connectivity index (χ1n) is 9.81. The molecule has 5 nitrogen and oxygen atoms in total. The van der Waals surface area contributed by atoms with E-state index in [1.807, 2.05) is 30.3 Å². The molecule has 0 spiro atoms. The zero-order chi connectivity index (χ0) is 18.9. The molecule has 2 amide bonds. The molecule has 1 aliphatic rings. The molecule has 0 unspecified atom stereocenters. The first-order chi connectivity index (χ1) is 13.2. The third-order valence-electron chi connectivity index (χ3n) is 5.05. The zero-order valence-corrected chi connectivity index (χ0v) is 16.1. The normalized spacial score (nSPS) is 16.0. The van der Waals surface area contributed by atoms with Gasteiger partial charge in [-0.25, -0.2) is 4.79 Å². The van der Waals surface area contributed by atoms with Crippen molar-refractivity contribution in [1.29, 1.82) is 0 Å². The zero-order valence-electron chi connectivity index (χ0n) is 16.1. The summed E-state index contributed by atoms with van der Waals surface area (Å²) in [6.45, 7) is 7.91. The summed E-state index contributed by atoms with van der Waals surface area (Å²) in [6.07, 6.45) is 0.962. The van der Waals surface area contributed by atoms with Crippen LogP contribution in [-0.2, 0) is 6.54 Å². The number of hydrogen-bond acceptors (Lipinski definition) is 3. The molecule has 0 saturated carbocycles. The van der Waals surface area contributed by atoms with Crippen LogP contribution < -0.4 is 15.5 Å². The molecule has 1 aliphatic heterocycles. The Balaban J connectivity index is 1.31. The molecule has 0 radical (unpaired) electrons. The number of urea groups is 1. The van der Waals surface area contributed by atoms with Crippen molar-refractivity contribution in [3.05, 3.63) is 66.2 Å². The molecule has 2 aromatic rings. The topological polar surface area (TPSA) is 47.6 Å². The van der Waals surface area contributed by atoms with Crippen LogP contribution in [0.4, 0.5) is 10.5 Å². The summed E-state index contributed by atoms with van der Waals surface area (Å²) in [7, 11) is 0. The van der Waals surface area contributed by atoms with Crippen molar-refractivity contribution < 1.29 is 4.79 Å². The highest BCUT2D eigenvalue weighted by atomic mass is 16.2. The fraction of sp³-hybridized carbons (Fsp3) is 0.409. The standard InChI is InChI=1S/C22H30N4O/c1-19(24-22(27)23-18-20-8-4-2-5-9-20)12-13-25-14-16-26(17-15-25)21-10-6-3-7-11-21/h2-11,19H,12-18H2,1H3,(H2,23,24,27)/t19-/m0/s1. The Morgan fingerprint density at radius 1 is 0.963 bits per heavy atom. The van der Waals surface area contributed by atoms with Crippen molar-refractivity contribution in [2.45, 2.75) is 25.9 Å². The van der Waals surface area contributed by atoms with E-state index in [9.17, 15) is 4.79 Å². The van der Waals surface area contributed by atoms with Gasteiger partial charge in [0.1, 0.15) is 0 Å². The maximum Gasteiger partial charge on any atom is 0.315 e. The number of amides is 2. The molecule has 27 heavy (non-hydrogen) atoms. The predicted molar refractivity (Wildman–Crippen MR) is 111 cm³/mol. The van der Waals surface area contributed by atoms with Crippen LogP contribution in [0.3, 0.4) is 0 Å². The van der Waals surface area contributed by atoms with Gasteiger partial charge in [0.05, 0.1) is 0 Å². The van der Waals surface area contributed by atoms with Crippen molar-refractivity contribution in [1.82, 2.24) is 15.5 Å². The summed E-state index contributed by atoms with van der Waals surface area (Å²) in [5.74, 6) is 0. The van der Waals surface area contributed by atoms with E-state index in [2.05, 4.69) is 57.7 Å². The number of para-hydroxylation sites is 1. The summed E-state index contributed by atoms with van der Waals surface area (Å²) >= 11 is 0. The SMILES string of the molecule is C[C@@H](CCN1CCN(c2ccccc2)CC1)NC(=O)NCc1ccccc1. The number of rotatable bonds is 7. The maximum atomic E-state index is 12.0. The van der Waals surface area contributed by atoms with Gasteiger partial charge >= 0.3 is 6.03 Å². The fourth-order valence-electron chi connectivity index (χ4n) is 3.37. The second-order valence-electron chi connectivity index (χ2n) is 7.17. The number of anilines is 1. The van der Waals surface area contributed by atoms with Gasteiger partial charge in [0.15, 0.2) is 0 Å². The molecule has 0 aromatic heterocycles. The van der Waals surface area contributed by atoms with Crippen LogP contribution in [0.1, 0.15) is 18.9 Å². The minimum atomic E-state index is -0.0970. The van der Waals surface area contributed by atoms with Crippen LogP contribution in [0, 0.1) is 0 Å². The van der Waals surface area contributed by atoms with Crippen LogP contribution in [-0.4, -0.2) is 49.7 Å². The quantitative estimate of drug-likeness (QED) is 0.792. The Morgan fingerprint density at radius 3 is 2.26 bits per heavy atom. The van der Waals surface area contributed by atoms with Gasteiger partial charge in [-0.05, 0) is 31.0 Å². The summed E-state index contributed by atoms with van der Waals surface area (Å²) in [5, 5.41) is 5.96. The van der Waals surface area contributed by atoms with Crippen LogP contribution in [0.2, 0.25) is 0 Å². The largest absolute Gasteiger partial charge is 0.369 e. The van der Waals surface area contributed by atoms with Gasteiger partial charge in [-0.1, -0.05) is 48.5 Å². The van der Waals surface area contributed by atoms with E-state index < -0.39 is 0 Å². The number of hydrogen-bond donors (Lipinski definition) is 2. The number of benzene rings is 2. The molecule has 2 N–H and O–H groups in total. The van der Waals surface area contributed by atoms with Gasteiger partial charge in [-0.2, -0.15) is 0 Å². The Kier molecular flexibility index (Phi) is 7.11. The van der Waals surface area contributed by atoms with Crippen LogP contribution in [0.5, 0.6) is 0 Å². The highest BCUT2D eigenvalue weighted by molar-refractivity contribution is 5.74.